The number of rotatable bonds is 0. The summed E-state index contributed by atoms with van der Waals surface area (Å²) in [5.41, 5.74) is 5.92. The fourth-order valence-electron chi connectivity index (χ4n) is 2.03. The van der Waals surface area contributed by atoms with Gasteiger partial charge >= 0.3 is 0 Å². The van der Waals surface area contributed by atoms with Gasteiger partial charge in [-0.2, -0.15) is 0 Å². The molecule has 1 aliphatic carbocycles. The molecule has 3 heteroatoms. The number of aromatic nitrogens is 2. The average Bonchev–Trinajstić information content (AvgIpc) is 2.54. The van der Waals surface area contributed by atoms with Gasteiger partial charge in [0.2, 0.25) is 0 Å². The Morgan fingerprint density at radius 2 is 2.00 bits per heavy atom. The smallest absolute Gasteiger partial charge is 0.149 e. The SMILES string of the molecule is Cc1ccc2c(c1)-c1nnc(Cl)cc1C2. The van der Waals surface area contributed by atoms with Gasteiger partial charge in [0.15, 0.2) is 5.15 Å². The van der Waals surface area contributed by atoms with E-state index < -0.39 is 0 Å². The second kappa shape index (κ2) is 3.04. The Hall–Kier alpha value is -1.41. The van der Waals surface area contributed by atoms with Crippen molar-refractivity contribution in [1.82, 2.24) is 10.2 Å². The highest BCUT2D eigenvalue weighted by molar-refractivity contribution is 6.29. The zero-order valence-electron chi connectivity index (χ0n) is 8.29. The molecule has 15 heavy (non-hydrogen) atoms. The average molecular weight is 217 g/mol. The zero-order valence-corrected chi connectivity index (χ0v) is 9.04. The first-order valence-corrected chi connectivity index (χ1v) is 5.24. The molecule has 0 aliphatic heterocycles. The molecule has 2 aromatic rings. The number of hydrogen-bond acceptors (Lipinski definition) is 2. The maximum absolute atomic E-state index is 5.82. The minimum absolute atomic E-state index is 0.471. The van der Waals surface area contributed by atoms with Gasteiger partial charge in [0.05, 0.1) is 5.69 Å². The van der Waals surface area contributed by atoms with Crippen LogP contribution < -0.4 is 0 Å². The predicted octanol–water partition coefficient (Wildman–Crippen LogP) is 3.01. The molecule has 2 nitrogen and oxygen atoms in total. The van der Waals surface area contributed by atoms with E-state index >= 15 is 0 Å². The van der Waals surface area contributed by atoms with Gasteiger partial charge in [0.25, 0.3) is 0 Å². The quantitative estimate of drug-likeness (QED) is 0.577. The van der Waals surface area contributed by atoms with E-state index in [-0.39, 0.29) is 0 Å². The van der Waals surface area contributed by atoms with E-state index in [1.165, 1.54) is 22.3 Å². The van der Waals surface area contributed by atoms with E-state index in [2.05, 4.69) is 35.3 Å². The van der Waals surface area contributed by atoms with E-state index in [1.54, 1.807) is 0 Å². The molecule has 0 atom stereocenters. The van der Waals surface area contributed by atoms with E-state index in [1.807, 2.05) is 6.07 Å². The number of fused-ring (bicyclic) bond motifs is 3. The zero-order chi connectivity index (χ0) is 10.4. The maximum Gasteiger partial charge on any atom is 0.152 e. The Morgan fingerprint density at radius 1 is 1.13 bits per heavy atom. The molecule has 0 amide bonds. The number of benzene rings is 1. The molecule has 0 saturated carbocycles. The molecule has 0 radical (unpaired) electrons. The molecule has 0 unspecified atom stereocenters. The lowest BCUT2D eigenvalue weighted by atomic mass is 10.1. The van der Waals surface area contributed by atoms with E-state index in [4.69, 9.17) is 11.6 Å². The van der Waals surface area contributed by atoms with Gasteiger partial charge in [-0.25, -0.2) is 0 Å². The van der Waals surface area contributed by atoms with Gasteiger partial charge in [0.1, 0.15) is 0 Å². The third-order valence-corrected chi connectivity index (χ3v) is 2.93. The van der Waals surface area contributed by atoms with Crippen molar-refractivity contribution in [2.75, 3.05) is 0 Å². The van der Waals surface area contributed by atoms with Crippen molar-refractivity contribution in [3.8, 4) is 11.3 Å². The molecule has 1 aromatic carbocycles. The molecule has 1 aromatic heterocycles. The van der Waals surface area contributed by atoms with Gasteiger partial charge < -0.3 is 0 Å². The summed E-state index contributed by atoms with van der Waals surface area (Å²) in [7, 11) is 0. The van der Waals surface area contributed by atoms with Crippen LogP contribution in [0.1, 0.15) is 16.7 Å². The summed E-state index contributed by atoms with van der Waals surface area (Å²) in [6, 6.07) is 8.34. The summed E-state index contributed by atoms with van der Waals surface area (Å²) < 4.78 is 0. The van der Waals surface area contributed by atoms with Crippen LogP contribution in [0, 0.1) is 6.92 Å². The van der Waals surface area contributed by atoms with Crippen LogP contribution in [0.3, 0.4) is 0 Å². The minimum Gasteiger partial charge on any atom is -0.149 e. The third kappa shape index (κ3) is 1.33. The van der Waals surface area contributed by atoms with Gasteiger partial charge in [0, 0.05) is 12.0 Å². The van der Waals surface area contributed by atoms with E-state index in [0.717, 1.165) is 12.1 Å². The molecule has 74 valence electrons. The molecule has 0 fully saturated rings. The van der Waals surface area contributed by atoms with Crippen LogP contribution in [-0.4, -0.2) is 10.2 Å². The van der Waals surface area contributed by atoms with Crippen molar-refractivity contribution in [3.05, 3.63) is 46.1 Å². The van der Waals surface area contributed by atoms with E-state index in [0.29, 0.717) is 5.15 Å². The lowest BCUT2D eigenvalue weighted by Crippen LogP contribution is -1.88. The molecular formula is C12H9ClN2. The lowest BCUT2D eigenvalue weighted by Gasteiger charge is -2.00. The van der Waals surface area contributed by atoms with Crippen LogP contribution in [0.2, 0.25) is 5.15 Å². The van der Waals surface area contributed by atoms with Crippen molar-refractivity contribution in [3.63, 3.8) is 0 Å². The van der Waals surface area contributed by atoms with Crippen molar-refractivity contribution in [2.24, 2.45) is 0 Å². The Balaban J connectivity index is 2.26. The summed E-state index contributed by atoms with van der Waals surface area (Å²) in [6.45, 7) is 2.08. The van der Waals surface area contributed by atoms with Gasteiger partial charge in [-0.05, 0) is 30.2 Å². The molecule has 1 heterocycles. The van der Waals surface area contributed by atoms with Gasteiger partial charge in [-0.3, -0.25) is 0 Å². The summed E-state index contributed by atoms with van der Waals surface area (Å²) in [5, 5.41) is 8.52. The van der Waals surface area contributed by atoms with Crippen LogP contribution in [0.4, 0.5) is 0 Å². The van der Waals surface area contributed by atoms with Crippen molar-refractivity contribution >= 4 is 11.6 Å². The normalized spacial score (nSPS) is 12.4. The topological polar surface area (TPSA) is 25.8 Å². The monoisotopic (exact) mass is 216 g/mol. The minimum atomic E-state index is 0.471. The summed E-state index contributed by atoms with van der Waals surface area (Å²) in [4.78, 5) is 0. The predicted molar refractivity (Wildman–Crippen MR) is 60.0 cm³/mol. The largest absolute Gasteiger partial charge is 0.152 e. The second-order valence-electron chi connectivity index (χ2n) is 3.88. The highest BCUT2D eigenvalue weighted by Gasteiger charge is 2.20. The molecule has 1 aliphatic rings. The van der Waals surface area contributed by atoms with Crippen LogP contribution in [0.15, 0.2) is 24.3 Å². The molecule has 3 rings (SSSR count). The van der Waals surface area contributed by atoms with Gasteiger partial charge in [-0.1, -0.05) is 29.3 Å². The Bertz CT molecular complexity index is 549. The van der Waals surface area contributed by atoms with Crippen LogP contribution in [0.5, 0.6) is 0 Å². The summed E-state index contributed by atoms with van der Waals surface area (Å²) in [6.07, 6.45) is 0.917. The highest BCUT2D eigenvalue weighted by atomic mass is 35.5. The highest BCUT2D eigenvalue weighted by Crippen LogP contribution is 2.35. The first-order chi connectivity index (χ1) is 7.24. The van der Waals surface area contributed by atoms with Crippen molar-refractivity contribution in [1.29, 1.82) is 0 Å². The number of nitrogens with zero attached hydrogens (tertiary/aromatic N) is 2. The first kappa shape index (κ1) is 8.86. The van der Waals surface area contributed by atoms with Crippen molar-refractivity contribution < 1.29 is 0 Å². The Kier molecular flexibility index (Phi) is 1.80. The molecule has 0 bridgehead atoms. The van der Waals surface area contributed by atoms with Crippen LogP contribution >= 0.6 is 11.6 Å². The second-order valence-corrected chi connectivity index (χ2v) is 4.27. The number of aryl methyl sites for hydroxylation is 1. The Labute approximate surface area is 92.9 Å². The van der Waals surface area contributed by atoms with Crippen LogP contribution in [-0.2, 0) is 6.42 Å². The fraction of sp³-hybridized carbons (Fsp3) is 0.167. The van der Waals surface area contributed by atoms with Crippen LogP contribution in [0.25, 0.3) is 11.3 Å². The number of halogens is 1. The fourth-order valence-corrected chi connectivity index (χ4v) is 2.20. The maximum atomic E-state index is 5.82. The molecule has 0 N–H and O–H groups in total. The third-order valence-electron chi connectivity index (χ3n) is 2.74. The summed E-state index contributed by atoms with van der Waals surface area (Å²) >= 11 is 5.82. The lowest BCUT2D eigenvalue weighted by molar-refractivity contribution is 1.03. The first-order valence-electron chi connectivity index (χ1n) is 4.86. The molecule has 0 spiro atoms. The summed E-state index contributed by atoms with van der Waals surface area (Å²) in [5.74, 6) is 0. The Morgan fingerprint density at radius 3 is 2.87 bits per heavy atom. The molecule has 0 saturated heterocycles. The van der Waals surface area contributed by atoms with Gasteiger partial charge in [-0.15, -0.1) is 10.2 Å². The number of hydrogen-bond donors (Lipinski definition) is 0. The standard InChI is InChI=1S/C12H9ClN2/c1-7-2-3-8-5-9-6-11(13)14-15-12(9)10(8)4-7/h2-4,6H,5H2,1H3. The molecular weight excluding hydrogens is 208 g/mol. The van der Waals surface area contributed by atoms with E-state index in [9.17, 15) is 0 Å². The van der Waals surface area contributed by atoms with Crippen molar-refractivity contribution in [2.45, 2.75) is 13.3 Å².